The molecule has 0 aliphatic rings. The van der Waals surface area contributed by atoms with Gasteiger partial charge in [-0.25, -0.2) is 0 Å². The number of hydrogen-bond donors (Lipinski definition) is 1. The molecule has 1 aromatic carbocycles. The number of aldehydes is 1. The van der Waals surface area contributed by atoms with Gasteiger partial charge in [0.05, 0.1) is 11.8 Å². The monoisotopic (exact) mass is 204 g/mol. The van der Waals surface area contributed by atoms with Crippen molar-refractivity contribution in [3.8, 4) is 0 Å². The molecule has 0 aliphatic carbocycles. The highest BCUT2D eigenvalue weighted by Gasteiger charge is 2.04. The average Bonchev–Trinajstić information content (AvgIpc) is 2.67. The molecule has 1 heterocycles. The van der Waals surface area contributed by atoms with E-state index in [4.69, 9.17) is 0 Å². The van der Waals surface area contributed by atoms with Crippen LogP contribution in [0.1, 0.15) is 10.4 Å². The molecule has 3 nitrogen and oxygen atoms in total. The van der Waals surface area contributed by atoms with E-state index in [1.54, 1.807) is 0 Å². The molecule has 0 unspecified atom stereocenters. The lowest BCUT2D eigenvalue weighted by Gasteiger charge is -1.97. The van der Waals surface area contributed by atoms with Gasteiger partial charge in [0.2, 0.25) is 0 Å². The van der Waals surface area contributed by atoms with Crippen LogP contribution in [0, 0.1) is 0 Å². The molecule has 0 radical (unpaired) electrons. The fourth-order valence-corrected chi connectivity index (χ4v) is 1.90. The van der Waals surface area contributed by atoms with Crippen LogP contribution < -0.4 is 0 Å². The number of carbonyl (C=O) groups excluding carboxylic acids is 1. The first kappa shape index (κ1) is 9.02. The van der Waals surface area contributed by atoms with Crippen LogP contribution in [0.4, 0.5) is 0 Å². The second kappa shape index (κ2) is 4.11. The average molecular weight is 204 g/mol. The van der Waals surface area contributed by atoms with Gasteiger partial charge in [0.15, 0.2) is 6.29 Å². The largest absolute Gasteiger partial charge is 0.298 e. The minimum atomic E-state index is 0.596. The van der Waals surface area contributed by atoms with Crippen LogP contribution in [0.2, 0.25) is 0 Å². The van der Waals surface area contributed by atoms with Gasteiger partial charge in [-0.1, -0.05) is 30.0 Å². The van der Waals surface area contributed by atoms with Crippen molar-refractivity contribution in [1.29, 1.82) is 0 Å². The zero-order valence-corrected chi connectivity index (χ0v) is 8.12. The van der Waals surface area contributed by atoms with Crippen LogP contribution >= 0.6 is 11.8 Å². The van der Waals surface area contributed by atoms with E-state index in [0.717, 1.165) is 16.2 Å². The van der Waals surface area contributed by atoms with E-state index in [9.17, 15) is 4.79 Å². The summed E-state index contributed by atoms with van der Waals surface area (Å²) in [5, 5.41) is 7.38. The van der Waals surface area contributed by atoms with Gasteiger partial charge >= 0.3 is 0 Å². The minimum absolute atomic E-state index is 0.596. The summed E-state index contributed by atoms with van der Waals surface area (Å²) in [7, 11) is 0. The molecular formula is C10H8N2OS. The summed E-state index contributed by atoms with van der Waals surface area (Å²) >= 11 is 1.50. The van der Waals surface area contributed by atoms with E-state index in [1.807, 2.05) is 30.3 Å². The number of aromatic amines is 1. The summed E-state index contributed by atoms with van der Waals surface area (Å²) in [5.74, 6) is 0. The summed E-state index contributed by atoms with van der Waals surface area (Å²) in [5.41, 5.74) is 0.596. The number of aromatic nitrogens is 2. The quantitative estimate of drug-likeness (QED) is 0.781. The van der Waals surface area contributed by atoms with E-state index in [1.165, 1.54) is 18.0 Å². The molecule has 0 fully saturated rings. The van der Waals surface area contributed by atoms with Gasteiger partial charge < -0.3 is 0 Å². The van der Waals surface area contributed by atoms with Crippen LogP contribution in [-0.4, -0.2) is 16.5 Å². The molecule has 2 aromatic rings. The Hall–Kier alpha value is -1.55. The predicted molar refractivity (Wildman–Crippen MR) is 54.5 cm³/mol. The first-order chi connectivity index (χ1) is 6.90. The molecule has 0 spiro atoms. The van der Waals surface area contributed by atoms with E-state index >= 15 is 0 Å². The zero-order chi connectivity index (χ0) is 9.80. The highest BCUT2D eigenvalue weighted by molar-refractivity contribution is 7.99. The van der Waals surface area contributed by atoms with Gasteiger partial charge in [-0.3, -0.25) is 9.89 Å². The molecule has 4 heteroatoms. The topological polar surface area (TPSA) is 45.8 Å². The van der Waals surface area contributed by atoms with Gasteiger partial charge in [0.1, 0.15) is 5.03 Å². The van der Waals surface area contributed by atoms with E-state index in [2.05, 4.69) is 10.2 Å². The number of rotatable bonds is 3. The Balaban J connectivity index is 2.23. The van der Waals surface area contributed by atoms with Crippen molar-refractivity contribution in [2.75, 3.05) is 0 Å². The van der Waals surface area contributed by atoms with Crippen molar-refractivity contribution in [1.82, 2.24) is 10.2 Å². The van der Waals surface area contributed by atoms with Gasteiger partial charge in [-0.15, -0.1) is 0 Å². The first-order valence-corrected chi connectivity index (χ1v) is 4.93. The molecule has 14 heavy (non-hydrogen) atoms. The second-order valence-corrected chi connectivity index (χ2v) is 3.77. The van der Waals surface area contributed by atoms with E-state index < -0.39 is 0 Å². The van der Waals surface area contributed by atoms with Crippen LogP contribution in [0.5, 0.6) is 0 Å². The van der Waals surface area contributed by atoms with Gasteiger partial charge in [0, 0.05) is 4.90 Å². The third-order valence-corrected chi connectivity index (χ3v) is 2.76. The van der Waals surface area contributed by atoms with Gasteiger partial charge in [-0.2, -0.15) is 5.10 Å². The number of nitrogens with one attached hydrogen (secondary N) is 1. The Labute approximate surface area is 85.5 Å². The second-order valence-electron chi connectivity index (χ2n) is 2.69. The molecule has 0 aliphatic heterocycles. The molecule has 2 rings (SSSR count). The lowest BCUT2D eigenvalue weighted by Crippen LogP contribution is -1.79. The van der Waals surface area contributed by atoms with Crippen molar-refractivity contribution < 1.29 is 4.79 Å². The number of benzene rings is 1. The van der Waals surface area contributed by atoms with Gasteiger partial charge in [-0.05, 0) is 12.1 Å². The number of nitrogens with zero attached hydrogens (tertiary/aromatic N) is 1. The van der Waals surface area contributed by atoms with Crippen LogP contribution in [0.15, 0.2) is 46.5 Å². The third-order valence-electron chi connectivity index (χ3n) is 1.72. The van der Waals surface area contributed by atoms with Crippen molar-refractivity contribution >= 4 is 18.0 Å². The number of carbonyl (C=O) groups is 1. The molecule has 0 atom stereocenters. The Bertz CT molecular complexity index is 425. The first-order valence-electron chi connectivity index (χ1n) is 4.11. The Morgan fingerprint density at radius 2 is 2.07 bits per heavy atom. The highest BCUT2D eigenvalue weighted by Crippen LogP contribution is 2.27. The summed E-state index contributed by atoms with van der Waals surface area (Å²) in [6, 6.07) is 9.84. The zero-order valence-electron chi connectivity index (χ0n) is 7.31. The Morgan fingerprint density at radius 1 is 1.29 bits per heavy atom. The smallest absolute Gasteiger partial charge is 0.154 e. The molecule has 1 aromatic heterocycles. The Kier molecular flexibility index (Phi) is 2.65. The molecule has 0 saturated carbocycles. The minimum Gasteiger partial charge on any atom is -0.298 e. The van der Waals surface area contributed by atoms with Crippen molar-refractivity contribution in [3.05, 3.63) is 42.1 Å². The maximum absolute atomic E-state index is 10.6. The SMILES string of the molecule is O=Cc1cn[nH]c1Sc1ccccc1. The van der Waals surface area contributed by atoms with E-state index in [0.29, 0.717) is 5.56 Å². The molecular weight excluding hydrogens is 196 g/mol. The van der Waals surface area contributed by atoms with Crippen LogP contribution in [-0.2, 0) is 0 Å². The predicted octanol–water partition coefficient (Wildman–Crippen LogP) is 2.37. The van der Waals surface area contributed by atoms with Crippen molar-refractivity contribution in [2.24, 2.45) is 0 Å². The number of H-pyrrole nitrogens is 1. The van der Waals surface area contributed by atoms with Gasteiger partial charge in [0.25, 0.3) is 0 Å². The lowest BCUT2D eigenvalue weighted by molar-refractivity contribution is 0.112. The fraction of sp³-hybridized carbons (Fsp3) is 0. The highest BCUT2D eigenvalue weighted by atomic mass is 32.2. The van der Waals surface area contributed by atoms with Crippen molar-refractivity contribution in [2.45, 2.75) is 9.92 Å². The van der Waals surface area contributed by atoms with Crippen LogP contribution in [0.3, 0.4) is 0 Å². The summed E-state index contributed by atoms with van der Waals surface area (Å²) < 4.78 is 0. The summed E-state index contributed by atoms with van der Waals surface area (Å²) in [4.78, 5) is 11.7. The maximum Gasteiger partial charge on any atom is 0.154 e. The maximum atomic E-state index is 10.6. The molecule has 70 valence electrons. The third kappa shape index (κ3) is 1.85. The van der Waals surface area contributed by atoms with Crippen LogP contribution in [0.25, 0.3) is 0 Å². The summed E-state index contributed by atoms with van der Waals surface area (Å²) in [6.07, 6.45) is 2.33. The Morgan fingerprint density at radius 3 is 2.79 bits per heavy atom. The standard InChI is InChI=1S/C10H8N2OS/c13-7-8-6-11-12-10(8)14-9-4-2-1-3-5-9/h1-7H,(H,11,12). The van der Waals surface area contributed by atoms with Crippen molar-refractivity contribution in [3.63, 3.8) is 0 Å². The summed E-state index contributed by atoms with van der Waals surface area (Å²) in [6.45, 7) is 0. The lowest BCUT2D eigenvalue weighted by atomic mass is 10.4. The fourth-order valence-electron chi connectivity index (χ4n) is 1.06. The molecule has 0 amide bonds. The molecule has 1 N–H and O–H groups in total. The molecule has 0 bridgehead atoms. The molecule has 0 saturated heterocycles. The number of hydrogen-bond acceptors (Lipinski definition) is 3. The normalized spacial score (nSPS) is 10.0. The van der Waals surface area contributed by atoms with E-state index in [-0.39, 0.29) is 0 Å².